The molecule has 0 aromatic rings. The summed E-state index contributed by atoms with van der Waals surface area (Å²) in [4.78, 5) is 7.39. The number of nitrogens with one attached hydrogen (secondary N) is 2. The second kappa shape index (κ2) is 15.8. The summed E-state index contributed by atoms with van der Waals surface area (Å²) in [5, 5.41) is 6.83. The van der Waals surface area contributed by atoms with Crippen molar-refractivity contribution in [2.75, 3.05) is 51.3 Å². The van der Waals surface area contributed by atoms with Gasteiger partial charge in [-0.25, -0.2) is 0 Å². The van der Waals surface area contributed by atoms with Crippen LogP contribution < -0.4 is 10.6 Å². The van der Waals surface area contributed by atoms with Crippen LogP contribution in [0.25, 0.3) is 0 Å². The van der Waals surface area contributed by atoms with Crippen molar-refractivity contribution in [3.05, 3.63) is 0 Å². The highest BCUT2D eigenvalue weighted by atomic mass is 127. The van der Waals surface area contributed by atoms with Crippen molar-refractivity contribution in [3.8, 4) is 0 Å². The topological polar surface area (TPSA) is 39.7 Å². The van der Waals surface area contributed by atoms with E-state index in [1.165, 1.54) is 57.5 Å². The van der Waals surface area contributed by atoms with E-state index in [0.717, 1.165) is 31.5 Å². The minimum atomic E-state index is 0. The molecule has 0 amide bonds. The van der Waals surface area contributed by atoms with Crippen LogP contribution in [0.5, 0.6) is 0 Å². The highest BCUT2D eigenvalue weighted by molar-refractivity contribution is 14.0. The van der Waals surface area contributed by atoms with E-state index in [4.69, 9.17) is 4.99 Å². The Morgan fingerprint density at radius 2 is 1.91 bits per heavy atom. The quantitative estimate of drug-likeness (QED) is 0.229. The summed E-state index contributed by atoms with van der Waals surface area (Å²) in [5.41, 5.74) is 0. The molecule has 1 rings (SSSR count). The van der Waals surface area contributed by atoms with Crippen LogP contribution in [-0.2, 0) is 0 Å². The largest absolute Gasteiger partial charge is 0.357 e. The fraction of sp³-hybridized carbons (Fsp3) is 0.941. The fourth-order valence-corrected chi connectivity index (χ4v) is 3.34. The zero-order valence-corrected chi connectivity index (χ0v) is 18.4. The Morgan fingerprint density at radius 3 is 2.52 bits per heavy atom. The maximum Gasteiger partial charge on any atom is 0.191 e. The summed E-state index contributed by atoms with van der Waals surface area (Å²) in [6.45, 7) is 11.1. The smallest absolute Gasteiger partial charge is 0.191 e. The van der Waals surface area contributed by atoms with Gasteiger partial charge in [0.15, 0.2) is 5.96 Å². The summed E-state index contributed by atoms with van der Waals surface area (Å²) in [7, 11) is 0. The third kappa shape index (κ3) is 11.5. The minimum Gasteiger partial charge on any atom is -0.357 e. The first kappa shape index (κ1) is 23.3. The van der Waals surface area contributed by atoms with Crippen molar-refractivity contribution in [3.63, 3.8) is 0 Å². The number of likely N-dealkylation sites (tertiary alicyclic amines) is 1. The zero-order valence-electron chi connectivity index (χ0n) is 15.3. The Labute approximate surface area is 165 Å². The van der Waals surface area contributed by atoms with Gasteiger partial charge in [0.25, 0.3) is 0 Å². The van der Waals surface area contributed by atoms with Gasteiger partial charge in [-0.2, -0.15) is 11.8 Å². The second-order valence-electron chi connectivity index (χ2n) is 6.13. The Kier molecular flexibility index (Phi) is 16.0. The van der Waals surface area contributed by atoms with E-state index in [9.17, 15) is 0 Å². The van der Waals surface area contributed by atoms with Gasteiger partial charge < -0.3 is 15.5 Å². The molecule has 0 aliphatic carbocycles. The predicted octanol–water partition coefficient (Wildman–Crippen LogP) is 3.42. The maximum atomic E-state index is 4.80. The van der Waals surface area contributed by atoms with Gasteiger partial charge in [0.2, 0.25) is 0 Å². The molecule has 4 nitrogen and oxygen atoms in total. The van der Waals surface area contributed by atoms with E-state index in [2.05, 4.69) is 35.6 Å². The molecule has 0 saturated carbocycles. The van der Waals surface area contributed by atoms with Gasteiger partial charge >= 0.3 is 0 Å². The van der Waals surface area contributed by atoms with Crippen molar-refractivity contribution >= 4 is 41.7 Å². The molecule has 2 N–H and O–H groups in total. The molecular formula is C17H37IN4S. The molecule has 0 aromatic carbocycles. The molecule has 0 bridgehead atoms. The number of rotatable bonds is 10. The highest BCUT2D eigenvalue weighted by Gasteiger charge is 2.18. The molecule has 0 spiro atoms. The first-order valence-electron chi connectivity index (χ1n) is 9.03. The predicted molar refractivity (Wildman–Crippen MR) is 116 cm³/mol. The van der Waals surface area contributed by atoms with Crippen LogP contribution in [0.1, 0.15) is 46.0 Å². The molecule has 23 heavy (non-hydrogen) atoms. The summed E-state index contributed by atoms with van der Waals surface area (Å²) in [5.74, 6) is 3.02. The van der Waals surface area contributed by atoms with Gasteiger partial charge in [-0.1, -0.05) is 6.92 Å². The molecule has 1 saturated heterocycles. The van der Waals surface area contributed by atoms with Crippen LogP contribution in [0.15, 0.2) is 4.99 Å². The van der Waals surface area contributed by atoms with Gasteiger partial charge in [0.1, 0.15) is 0 Å². The van der Waals surface area contributed by atoms with Gasteiger partial charge in [-0.05, 0) is 76.6 Å². The van der Waals surface area contributed by atoms with Crippen LogP contribution in [0.3, 0.4) is 0 Å². The van der Waals surface area contributed by atoms with Crippen LogP contribution in [0.2, 0.25) is 0 Å². The fourth-order valence-electron chi connectivity index (χ4n) is 2.85. The molecule has 1 aliphatic heterocycles. The van der Waals surface area contributed by atoms with E-state index in [-0.39, 0.29) is 24.0 Å². The van der Waals surface area contributed by atoms with Crippen LogP contribution in [0.4, 0.5) is 0 Å². The highest BCUT2D eigenvalue weighted by Crippen LogP contribution is 2.17. The number of hydrogen-bond acceptors (Lipinski definition) is 3. The molecule has 1 fully saturated rings. The molecule has 1 aliphatic rings. The molecule has 0 unspecified atom stereocenters. The minimum absolute atomic E-state index is 0. The Hall–Kier alpha value is 0.310. The van der Waals surface area contributed by atoms with Gasteiger partial charge in [0, 0.05) is 19.6 Å². The Bertz CT molecular complexity index is 294. The average Bonchev–Trinajstić information content (AvgIpc) is 2.54. The summed E-state index contributed by atoms with van der Waals surface area (Å²) in [6.07, 6.45) is 8.55. The monoisotopic (exact) mass is 456 g/mol. The lowest BCUT2D eigenvalue weighted by Crippen LogP contribution is -2.39. The van der Waals surface area contributed by atoms with Crippen LogP contribution >= 0.6 is 35.7 Å². The number of halogens is 1. The molecule has 0 radical (unpaired) electrons. The van der Waals surface area contributed by atoms with Crippen LogP contribution in [-0.4, -0.2) is 62.1 Å². The molecule has 6 heteroatoms. The van der Waals surface area contributed by atoms with E-state index in [1.54, 1.807) is 0 Å². The molecular weight excluding hydrogens is 419 g/mol. The number of unbranched alkanes of at least 4 members (excludes halogenated alkanes) is 1. The maximum absolute atomic E-state index is 4.80. The third-order valence-electron chi connectivity index (χ3n) is 4.17. The van der Waals surface area contributed by atoms with Crippen molar-refractivity contribution in [2.24, 2.45) is 10.9 Å². The Morgan fingerprint density at radius 1 is 1.17 bits per heavy atom. The van der Waals surface area contributed by atoms with E-state index in [0.29, 0.717) is 0 Å². The molecule has 0 aromatic heterocycles. The molecule has 0 atom stereocenters. The Balaban J connectivity index is 0.00000484. The summed E-state index contributed by atoms with van der Waals surface area (Å²) in [6, 6.07) is 0. The van der Waals surface area contributed by atoms with E-state index < -0.39 is 0 Å². The first-order valence-corrected chi connectivity index (χ1v) is 10.4. The lowest BCUT2D eigenvalue weighted by Gasteiger charge is -2.31. The summed E-state index contributed by atoms with van der Waals surface area (Å²) >= 11 is 1.93. The molecule has 138 valence electrons. The van der Waals surface area contributed by atoms with Gasteiger partial charge in [0.05, 0.1) is 0 Å². The summed E-state index contributed by atoms with van der Waals surface area (Å²) < 4.78 is 0. The van der Waals surface area contributed by atoms with Crippen molar-refractivity contribution < 1.29 is 0 Å². The van der Waals surface area contributed by atoms with Crippen molar-refractivity contribution in [1.29, 1.82) is 0 Å². The normalized spacial score (nSPS) is 16.9. The van der Waals surface area contributed by atoms with E-state index >= 15 is 0 Å². The number of guanidine groups is 1. The third-order valence-corrected chi connectivity index (χ3v) is 4.86. The number of thioether (sulfide) groups is 1. The van der Waals surface area contributed by atoms with Crippen LogP contribution in [0, 0.1) is 5.92 Å². The zero-order chi connectivity index (χ0) is 16.0. The standard InChI is InChI=1S/C17H36N4S.HI/c1-4-11-21-12-8-16(9-13-21)15-20-17(18-5-2)19-10-6-7-14-22-3;/h16H,4-15H2,1-3H3,(H2,18,19,20);1H. The number of aliphatic imine (C=N–C) groups is 1. The SMILES string of the molecule is CCCN1CCC(CN=C(NCC)NCCCCSC)CC1.I. The average molecular weight is 456 g/mol. The lowest BCUT2D eigenvalue weighted by atomic mass is 9.97. The number of piperidine rings is 1. The van der Waals surface area contributed by atoms with Crippen molar-refractivity contribution in [2.45, 2.75) is 46.0 Å². The second-order valence-corrected chi connectivity index (χ2v) is 7.12. The molecule has 1 heterocycles. The lowest BCUT2D eigenvalue weighted by molar-refractivity contribution is 0.188. The van der Waals surface area contributed by atoms with Crippen molar-refractivity contribution in [1.82, 2.24) is 15.5 Å². The number of hydrogen-bond donors (Lipinski definition) is 2. The van der Waals surface area contributed by atoms with Gasteiger partial charge in [-0.3, -0.25) is 4.99 Å². The van der Waals surface area contributed by atoms with E-state index in [1.807, 2.05) is 11.8 Å². The number of nitrogens with zero attached hydrogens (tertiary/aromatic N) is 2. The first-order chi connectivity index (χ1) is 10.8. The van der Waals surface area contributed by atoms with Gasteiger partial charge in [-0.15, -0.1) is 24.0 Å².